The van der Waals surface area contributed by atoms with Crippen molar-refractivity contribution in [1.29, 1.82) is 0 Å². The standard InChI is InChI=1S/C11H16ClN5O2S/c1-4-5-9-13-11(20(12,18)19)7-17(9)6-10-15-14-8(2)16(10)3/h7H,4-6H2,1-3H3. The topological polar surface area (TPSA) is 82.7 Å². The van der Waals surface area contributed by atoms with Crippen LogP contribution in [-0.2, 0) is 29.1 Å². The highest BCUT2D eigenvalue weighted by molar-refractivity contribution is 8.13. The zero-order chi connectivity index (χ0) is 14.9. The Morgan fingerprint density at radius 1 is 1.30 bits per heavy atom. The predicted molar refractivity (Wildman–Crippen MR) is 74.1 cm³/mol. The molecule has 0 aliphatic rings. The van der Waals surface area contributed by atoms with Crippen molar-refractivity contribution in [3.63, 3.8) is 0 Å². The molecule has 2 aromatic heterocycles. The Labute approximate surface area is 122 Å². The summed E-state index contributed by atoms with van der Waals surface area (Å²) in [5, 5.41) is 7.92. The number of imidazole rings is 1. The van der Waals surface area contributed by atoms with Gasteiger partial charge in [-0.15, -0.1) is 10.2 Å². The van der Waals surface area contributed by atoms with E-state index < -0.39 is 9.05 Å². The largest absolute Gasteiger partial charge is 0.326 e. The summed E-state index contributed by atoms with van der Waals surface area (Å²) in [5.41, 5.74) is 0. The van der Waals surface area contributed by atoms with Gasteiger partial charge in [-0.3, -0.25) is 0 Å². The third-order valence-electron chi connectivity index (χ3n) is 3.05. The van der Waals surface area contributed by atoms with E-state index in [-0.39, 0.29) is 5.03 Å². The number of hydrogen-bond donors (Lipinski definition) is 0. The summed E-state index contributed by atoms with van der Waals surface area (Å²) in [7, 11) is 3.38. The summed E-state index contributed by atoms with van der Waals surface area (Å²) in [6.07, 6.45) is 2.97. The SMILES string of the molecule is CCCc1nc(S(=O)(=O)Cl)cn1Cc1nnc(C)n1C. The quantitative estimate of drug-likeness (QED) is 0.775. The van der Waals surface area contributed by atoms with Crippen LogP contribution in [0.3, 0.4) is 0 Å². The summed E-state index contributed by atoms with van der Waals surface area (Å²) in [4.78, 5) is 4.09. The molecule has 0 unspecified atom stereocenters. The molecule has 0 bridgehead atoms. The van der Waals surface area contributed by atoms with Crippen LogP contribution in [0.15, 0.2) is 11.2 Å². The summed E-state index contributed by atoms with van der Waals surface area (Å²) in [6.45, 7) is 4.26. The molecule has 110 valence electrons. The van der Waals surface area contributed by atoms with Crippen molar-refractivity contribution < 1.29 is 8.42 Å². The van der Waals surface area contributed by atoms with E-state index in [1.54, 1.807) is 4.57 Å². The molecular weight excluding hydrogens is 302 g/mol. The van der Waals surface area contributed by atoms with Gasteiger partial charge >= 0.3 is 0 Å². The van der Waals surface area contributed by atoms with Crippen LogP contribution in [-0.4, -0.2) is 32.7 Å². The number of aromatic nitrogens is 5. The van der Waals surface area contributed by atoms with Crippen LogP contribution in [0.1, 0.15) is 30.8 Å². The van der Waals surface area contributed by atoms with Crippen molar-refractivity contribution in [2.45, 2.75) is 38.3 Å². The van der Waals surface area contributed by atoms with Gasteiger partial charge in [0.2, 0.25) is 0 Å². The molecule has 7 nitrogen and oxygen atoms in total. The Balaban J connectivity index is 2.39. The van der Waals surface area contributed by atoms with E-state index in [2.05, 4.69) is 15.2 Å². The monoisotopic (exact) mass is 317 g/mol. The first-order valence-electron chi connectivity index (χ1n) is 6.18. The normalized spacial score (nSPS) is 12.0. The van der Waals surface area contributed by atoms with Crippen LogP contribution in [0.25, 0.3) is 0 Å². The average Bonchev–Trinajstić information content (AvgIpc) is 2.89. The van der Waals surface area contributed by atoms with Gasteiger partial charge in [-0.1, -0.05) is 6.92 Å². The fraction of sp³-hybridized carbons (Fsp3) is 0.545. The Kier molecular flexibility index (Phi) is 4.14. The maximum Gasteiger partial charge on any atom is 0.280 e. The van der Waals surface area contributed by atoms with Gasteiger partial charge in [0.05, 0.1) is 6.54 Å². The van der Waals surface area contributed by atoms with Gasteiger partial charge in [0, 0.05) is 30.3 Å². The van der Waals surface area contributed by atoms with Gasteiger partial charge in [-0.05, 0) is 13.3 Å². The van der Waals surface area contributed by atoms with Crippen molar-refractivity contribution in [3.8, 4) is 0 Å². The van der Waals surface area contributed by atoms with Gasteiger partial charge in [-0.25, -0.2) is 13.4 Å². The molecule has 0 aliphatic heterocycles. The number of hydrogen-bond acceptors (Lipinski definition) is 5. The van der Waals surface area contributed by atoms with E-state index in [4.69, 9.17) is 10.7 Å². The minimum absolute atomic E-state index is 0.124. The maximum atomic E-state index is 11.4. The molecule has 0 aromatic carbocycles. The summed E-state index contributed by atoms with van der Waals surface area (Å²) < 4.78 is 26.4. The molecule has 0 radical (unpaired) electrons. The number of halogens is 1. The smallest absolute Gasteiger partial charge is 0.280 e. The Bertz CT molecular complexity index is 719. The lowest BCUT2D eigenvalue weighted by Crippen LogP contribution is -2.09. The maximum absolute atomic E-state index is 11.4. The van der Waals surface area contributed by atoms with Gasteiger partial charge < -0.3 is 9.13 Å². The fourth-order valence-electron chi connectivity index (χ4n) is 1.85. The van der Waals surface area contributed by atoms with Gasteiger partial charge in [-0.2, -0.15) is 0 Å². The van der Waals surface area contributed by atoms with Crippen LogP contribution in [0.2, 0.25) is 0 Å². The van der Waals surface area contributed by atoms with Crippen molar-refractivity contribution in [1.82, 2.24) is 24.3 Å². The molecule has 0 spiro atoms. The van der Waals surface area contributed by atoms with Crippen molar-refractivity contribution in [2.24, 2.45) is 7.05 Å². The first kappa shape index (κ1) is 15.0. The first-order valence-corrected chi connectivity index (χ1v) is 8.49. The molecule has 0 amide bonds. The number of rotatable bonds is 5. The van der Waals surface area contributed by atoms with Crippen LogP contribution < -0.4 is 0 Å². The van der Waals surface area contributed by atoms with Gasteiger partial charge in [0.25, 0.3) is 9.05 Å². The summed E-state index contributed by atoms with van der Waals surface area (Å²) in [6, 6.07) is 0. The third-order valence-corrected chi connectivity index (χ3v) is 4.23. The van der Waals surface area contributed by atoms with E-state index in [1.165, 1.54) is 6.20 Å². The van der Waals surface area contributed by atoms with Gasteiger partial charge in [0.15, 0.2) is 10.9 Å². The molecule has 0 atom stereocenters. The van der Waals surface area contributed by atoms with Gasteiger partial charge in [0.1, 0.15) is 11.6 Å². The second kappa shape index (κ2) is 5.53. The molecule has 0 N–H and O–H groups in total. The molecular formula is C11H16ClN5O2S. The molecule has 0 saturated carbocycles. The highest BCUT2D eigenvalue weighted by Crippen LogP contribution is 2.16. The Morgan fingerprint density at radius 2 is 2.00 bits per heavy atom. The Morgan fingerprint density at radius 3 is 2.50 bits per heavy atom. The fourth-order valence-corrected chi connectivity index (χ4v) is 2.54. The average molecular weight is 318 g/mol. The zero-order valence-electron chi connectivity index (χ0n) is 11.5. The lowest BCUT2D eigenvalue weighted by atomic mass is 10.3. The Hall–Kier alpha value is -1.41. The van der Waals surface area contributed by atoms with Crippen LogP contribution in [0.4, 0.5) is 0 Å². The van der Waals surface area contributed by atoms with E-state index in [1.807, 2.05) is 25.5 Å². The predicted octanol–water partition coefficient (Wildman–Crippen LogP) is 1.25. The third kappa shape index (κ3) is 3.01. The summed E-state index contributed by atoms with van der Waals surface area (Å²) in [5.74, 6) is 2.20. The van der Waals surface area contributed by atoms with Crippen molar-refractivity contribution >= 4 is 19.7 Å². The van der Waals surface area contributed by atoms with Crippen LogP contribution in [0, 0.1) is 6.92 Å². The molecule has 0 aliphatic carbocycles. The lowest BCUT2D eigenvalue weighted by Gasteiger charge is -2.06. The lowest BCUT2D eigenvalue weighted by molar-refractivity contribution is 0.606. The van der Waals surface area contributed by atoms with E-state index in [9.17, 15) is 8.42 Å². The number of aryl methyl sites for hydroxylation is 2. The molecule has 0 saturated heterocycles. The molecule has 9 heteroatoms. The minimum Gasteiger partial charge on any atom is -0.326 e. The molecule has 2 heterocycles. The van der Waals surface area contributed by atoms with Crippen molar-refractivity contribution in [3.05, 3.63) is 23.7 Å². The van der Waals surface area contributed by atoms with E-state index in [0.717, 1.165) is 18.1 Å². The minimum atomic E-state index is -3.82. The highest BCUT2D eigenvalue weighted by atomic mass is 35.7. The molecule has 2 aromatic rings. The second-order valence-electron chi connectivity index (χ2n) is 4.53. The molecule has 2 rings (SSSR count). The van der Waals surface area contributed by atoms with Crippen molar-refractivity contribution in [2.75, 3.05) is 0 Å². The van der Waals surface area contributed by atoms with E-state index >= 15 is 0 Å². The molecule has 0 fully saturated rings. The summed E-state index contributed by atoms with van der Waals surface area (Å²) >= 11 is 0. The highest BCUT2D eigenvalue weighted by Gasteiger charge is 2.18. The number of nitrogens with zero attached hydrogens (tertiary/aromatic N) is 5. The second-order valence-corrected chi connectivity index (χ2v) is 7.05. The molecule has 20 heavy (non-hydrogen) atoms. The van der Waals surface area contributed by atoms with Crippen LogP contribution >= 0.6 is 10.7 Å². The van der Waals surface area contributed by atoms with E-state index in [0.29, 0.717) is 18.8 Å². The van der Waals surface area contributed by atoms with Crippen LogP contribution in [0.5, 0.6) is 0 Å². The first-order chi connectivity index (χ1) is 9.32. The zero-order valence-corrected chi connectivity index (χ0v) is 13.1.